The van der Waals surface area contributed by atoms with Crippen LogP contribution in [0.25, 0.3) is 6.08 Å². The average Bonchev–Trinajstić information content (AvgIpc) is 2.80. The standard InChI is InChI=1S/C23H25N5O6/c24-21(25)17-9-6-15(7-10-17)8-11-18(29)26-12-13-28(14-19(30)31)23(34)27-20(22(32)33)16-4-2-1-3-5-16/h1-11,20H,12-14H2,(H3,24,25)(H,26,29)(H,27,34)(H,30,31)(H,32,33)/b11-8+. The third-order valence-corrected chi connectivity index (χ3v) is 4.59. The van der Waals surface area contributed by atoms with Crippen LogP contribution < -0.4 is 16.4 Å². The van der Waals surface area contributed by atoms with Gasteiger partial charge in [0, 0.05) is 24.7 Å². The molecule has 0 fully saturated rings. The van der Waals surface area contributed by atoms with Crippen molar-refractivity contribution in [3.63, 3.8) is 0 Å². The number of rotatable bonds is 11. The molecule has 2 aromatic rings. The lowest BCUT2D eigenvalue weighted by molar-refractivity contribution is -0.139. The van der Waals surface area contributed by atoms with Gasteiger partial charge in [0.05, 0.1) is 0 Å². The van der Waals surface area contributed by atoms with Crippen molar-refractivity contribution >= 4 is 35.8 Å². The molecule has 34 heavy (non-hydrogen) atoms. The van der Waals surface area contributed by atoms with E-state index in [1.165, 1.54) is 24.3 Å². The molecule has 0 heterocycles. The molecule has 2 aromatic carbocycles. The second-order valence-corrected chi connectivity index (χ2v) is 7.11. The number of hydrogen-bond acceptors (Lipinski definition) is 5. The summed E-state index contributed by atoms with van der Waals surface area (Å²) in [6.45, 7) is -0.899. The molecule has 0 bridgehead atoms. The molecule has 1 atom stereocenters. The van der Waals surface area contributed by atoms with Crippen molar-refractivity contribution in [1.29, 1.82) is 5.41 Å². The summed E-state index contributed by atoms with van der Waals surface area (Å²) in [6.07, 6.45) is 2.80. The SMILES string of the molecule is N=C(N)c1ccc(/C=C/C(=O)NCCN(CC(=O)O)C(=O)NC(C(=O)O)c2ccccc2)cc1. The first kappa shape index (κ1) is 25.6. The predicted molar refractivity (Wildman–Crippen MR) is 124 cm³/mol. The van der Waals surface area contributed by atoms with Gasteiger partial charge in [-0.1, -0.05) is 54.6 Å². The van der Waals surface area contributed by atoms with Crippen molar-refractivity contribution in [3.05, 3.63) is 77.4 Å². The topological polar surface area (TPSA) is 186 Å². The van der Waals surface area contributed by atoms with E-state index in [2.05, 4.69) is 10.6 Å². The third-order valence-electron chi connectivity index (χ3n) is 4.59. The van der Waals surface area contributed by atoms with E-state index in [0.29, 0.717) is 16.7 Å². The Morgan fingerprint density at radius 1 is 1.03 bits per heavy atom. The Morgan fingerprint density at radius 3 is 2.24 bits per heavy atom. The predicted octanol–water partition coefficient (Wildman–Crippen LogP) is 1.02. The van der Waals surface area contributed by atoms with E-state index in [9.17, 15) is 24.3 Å². The Labute approximate surface area is 195 Å². The number of amides is 3. The summed E-state index contributed by atoms with van der Waals surface area (Å²) in [7, 11) is 0. The number of carbonyl (C=O) groups is 4. The Morgan fingerprint density at radius 2 is 1.68 bits per heavy atom. The van der Waals surface area contributed by atoms with E-state index in [-0.39, 0.29) is 18.9 Å². The minimum Gasteiger partial charge on any atom is -0.480 e. The second kappa shape index (κ2) is 12.4. The van der Waals surface area contributed by atoms with Crippen molar-refractivity contribution in [2.24, 2.45) is 5.73 Å². The maximum absolute atomic E-state index is 12.6. The van der Waals surface area contributed by atoms with Crippen LogP contribution in [0, 0.1) is 5.41 Å². The van der Waals surface area contributed by atoms with Gasteiger partial charge in [0.15, 0.2) is 6.04 Å². The van der Waals surface area contributed by atoms with Gasteiger partial charge in [0.25, 0.3) is 0 Å². The van der Waals surface area contributed by atoms with E-state index < -0.39 is 36.5 Å². The molecular weight excluding hydrogens is 442 g/mol. The zero-order valence-corrected chi connectivity index (χ0v) is 18.1. The number of benzene rings is 2. The lowest BCUT2D eigenvalue weighted by Gasteiger charge is -2.24. The van der Waals surface area contributed by atoms with Gasteiger partial charge in [0.2, 0.25) is 5.91 Å². The summed E-state index contributed by atoms with van der Waals surface area (Å²) in [4.78, 5) is 48.3. The summed E-state index contributed by atoms with van der Waals surface area (Å²) in [5.74, 6) is -3.13. The average molecular weight is 467 g/mol. The minimum atomic E-state index is -1.36. The van der Waals surface area contributed by atoms with Crippen LogP contribution in [0.2, 0.25) is 0 Å². The maximum atomic E-state index is 12.6. The zero-order valence-electron chi connectivity index (χ0n) is 18.1. The van der Waals surface area contributed by atoms with Crippen LogP contribution in [-0.4, -0.2) is 64.5 Å². The lowest BCUT2D eigenvalue weighted by Crippen LogP contribution is -2.48. The molecule has 7 N–H and O–H groups in total. The number of aliphatic carboxylic acids is 2. The molecule has 0 saturated heterocycles. The van der Waals surface area contributed by atoms with Gasteiger partial charge in [-0.15, -0.1) is 0 Å². The van der Waals surface area contributed by atoms with E-state index in [4.69, 9.17) is 16.2 Å². The van der Waals surface area contributed by atoms with Crippen molar-refractivity contribution in [1.82, 2.24) is 15.5 Å². The summed E-state index contributed by atoms with van der Waals surface area (Å²) in [5, 5.41) is 30.8. The number of urea groups is 1. The molecule has 178 valence electrons. The lowest BCUT2D eigenvalue weighted by atomic mass is 10.1. The monoisotopic (exact) mass is 467 g/mol. The van der Waals surface area contributed by atoms with Gasteiger partial charge >= 0.3 is 18.0 Å². The number of carboxylic acid groups (broad SMARTS) is 2. The molecule has 0 spiro atoms. The van der Waals surface area contributed by atoms with Crippen molar-refractivity contribution < 1.29 is 29.4 Å². The van der Waals surface area contributed by atoms with E-state index in [1.54, 1.807) is 42.5 Å². The molecule has 2 rings (SSSR count). The number of nitrogens with two attached hydrogens (primary N) is 1. The molecule has 11 nitrogen and oxygen atoms in total. The molecule has 0 aliphatic carbocycles. The number of carboxylic acids is 2. The highest BCUT2D eigenvalue weighted by Crippen LogP contribution is 2.13. The summed E-state index contributed by atoms with van der Waals surface area (Å²) >= 11 is 0. The number of amidine groups is 1. The smallest absolute Gasteiger partial charge is 0.330 e. The van der Waals surface area contributed by atoms with Crippen LogP contribution in [-0.2, 0) is 14.4 Å². The van der Waals surface area contributed by atoms with Crippen LogP contribution >= 0.6 is 0 Å². The number of nitrogens with zero attached hydrogens (tertiary/aromatic N) is 1. The number of hydrogen-bond donors (Lipinski definition) is 6. The summed E-state index contributed by atoms with van der Waals surface area (Å²) in [5.41, 5.74) is 6.97. The molecule has 0 saturated carbocycles. The van der Waals surface area contributed by atoms with Crippen LogP contribution in [0.1, 0.15) is 22.7 Å². The van der Waals surface area contributed by atoms with E-state index >= 15 is 0 Å². The van der Waals surface area contributed by atoms with Gasteiger partial charge in [-0.2, -0.15) is 0 Å². The van der Waals surface area contributed by atoms with Crippen LogP contribution in [0.5, 0.6) is 0 Å². The van der Waals surface area contributed by atoms with Gasteiger partial charge in [0.1, 0.15) is 12.4 Å². The Balaban J connectivity index is 1.94. The maximum Gasteiger partial charge on any atom is 0.330 e. The normalized spacial score (nSPS) is 11.4. The largest absolute Gasteiger partial charge is 0.480 e. The number of carbonyl (C=O) groups excluding carboxylic acids is 2. The number of nitrogen functional groups attached to an aromatic ring is 1. The second-order valence-electron chi connectivity index (χ2n) is 7.11. The van der Waals surface area contributed by atoms with Crippen molar-refractivity contribution in [3.8, 4) is 0 Å². The zero-order chi connectivity index (χ0) is 25.1. The Hall–Kier alpha value is -4.67. The van der Waals surface area contributed by atoms with Gasteiger partial charge in [-0.25, -0.2) is 9.59 Å². The van der Waals surface area contributed by atoms with Gasteiger partial charge in [-0.3, -0.25) is 15.0 Å². The van der Waals surface area contributed by atoms with Gasteiger partial charge in [-0.05, 0) is 17.2 Å². The van der Waals surface area contributed by atoms with Crippen molar-refractivity contribution in [2.75, 3.05) is 19.6 Å². The minimum absolute atomic E-state index is 0.0593. The fraction of sp³-hybridized carbons (Fsp3) is 0.174. The van der Waals surface area contributed by atoms with Gasteiger partial charge < -0.3 is 31.5 Å². The van der Waals surface area contributed by atoms with Crippen molar-refractivity contribution in [2.45, 2.75) is 6.04 Å². The fourth-order valence-corrected chi connectivity index (χ4v) is 2.88. The fourth-order valence-electron chi connectivity index (χ4n) is 2.88. The molecule has 1 unspecified atom stereocenters. The first-order valence-corrected chi connectivity index (χ1v) is 10.1. The molecule has 11 heteroatoms. The van der Waals surface area contributed by atoms with Crippen LogP contribution in [0.3, 0.4) is 0 Å². The molecular formula is C23H25N5O6. The summed E-state index contributed by atoms with van der Waals surface area (Å²) in [6, 6.07) is 12.4. The molecule has 3 amide bonds. The highest BCUT2D eigenvalue weighted by atomic mass is 16.4. The Bertz CT molecular complexity index is 1070. The first-order valence-electron chi connectivity index (χ1n) is 10.1. The van der Waals surface area contributed by atoms with Crippen LogP contribution in [0.15, 0.2) is 60.7 Å². The van der Waals surface area contributed by atoms with Crippen LogP contribution in [0.4, 0.5) is 4.79 Å². The molecule has 0 aliphatic heterocycles. The summed E-state index contributed by atoms with van der Waals surface area (Å²) < 4.78 is 0. The first-order chi connectivity index (χ1) is 16.2. The molecule has 0 aliphatic rings. The highest BCUT2D eigenvalue weighted by Gasteiger charge is 2.25. The Kier molecular flexibility index (Phi) is 9.32. The third kappa shape index (κ3) is 8.11. The quantitative estimate of drug-likeness (QED) is 0.162. The van der Waals surface area contributed by atoms with E-state index in [0.717, 1.165) is 4.90 Å². The molecule has 0 aromatic heterocycles. The highest BCUT2D eigenvalue weighted by molar-refractivity contribution is 5.95. The number of nitrogens with one attached hydrogen (secondary N) is 3. The molecule has 0 radical (unpaired) electrons. The van der Waals surface area contributed by atoms with E-state index in [1.807, 2.05) is 0 Å².